The summed E-state index contributed by atoms with van der Waals surface area (Å²) in [4.78, 5) is 45.7. The molecule has 20 nitrogen and oxygen atoms in total. The lowest BCUT2D eigenvalue weighted by atomic mass is 10.0. The molecule has 45 heavy (non-hydrogen) atoms. The fraction of sp³-hybridized carbons (Fsp3) is 0.571. The van der Waals surface area contributed by atoms with Crippen molar-refractivity contribution in [3.63, 3.8) is 0 Å². The first-order valence-corrected chi connectivity index (χ1v) is 18.7. The minimum Gasteiger partial charge on any atom is -0.382 e. The largest absolute Gasteiger partial charge is 0.386 e. The quantitative estimate of drug-likeness (QED) is 0.194. The fourth-order valence-electron chi connectivity index (χ4n) is 6.07. The Bertz CT molecular complexity index is 1780. The molecule has 5 N–H and O–H groups in total. The fourth-order valence-corrected chi connectivity index (χ4v) is 9.06. The van der Waals surface area contributed by atoms with Crippen molar-refractivity contribution >= 4 is 78.6 Å². The lowest BCUT2D eigenvalue weighted by Crippen LogP contribution is -2.52. The van der Waals surface area contributed by atoms with Crippen LogP contribution in [0.25, 0.3) is 11.2 Å². The monoisotopic (exact) mass is 702 g/mol. The number of hydrogen-bond acceptors (Lipinski definition) is 17. The van der Waals surface area contributed by atoms with Gasteiger partial charge in [0.2, 0.25) is 5.96 Å². The SMILES string of the molecule is N=C1N=C2C(N=CN2[C@@H]2O[C@@H]3COP(O)(=S)O[C@H]4[C@H]5OCC4(COP(=O)(S)O[C@@H]2C3)O[C@H]5n2cnc3c(N)ncnc32)C(=O)N1. The third kappa shape index (κ3) is 5.04. The Morgan fingerprint density at radius 1 is 1.22 bits per heavy atom. The summed E-state index contributed by atoms with van der Waals surface area (Å²) < 4.78 is 57.3. The topological polar surface area (TPSA) is 252 Å². The number of carbonyl (C=O) groups excluding carboxylic acids is 1. The van der Waals surface area contributed by atoms with Gasteiger partial charge in [0.05, 0.1) is 38.6 Å². The van der Waals surface area contributed by atoms with Crippen molar-refractivity contribution in [3.05, 3.63) is 12.7 Å². The van der Waals surface area contributed by atoms with Gasteiger partial charge < -0.3 is 29.4 Å². The molecule has 8 rings (SSSR count). The van der Waals surface area contributed by atoms with Crippen molar-refractivity contribution in [2.45, 2.75) is 54.9 Å². The predicted molar refractivity (Wildman–Crippen MR) is 158 cm³/mol. The zero-order chi connectivity index (χ0) is 31.3. The Labute approximate surface area is 263 Å². The minimum atomic E-state index is -4.17. The van der Waals surface area contributed by atoms with Gasteiger partial charge in [-0.2, -0.15) is 4.99 Å². The van der Waals surface area contributed by atoms with E-state index in [9.17, 15) is 14.3 Å². The Hall–Kier alpha value is -2.46. The predicted octanol–water partition coefficient (Wildman–Crippen LogP) is -0.563. The van der Waals surface area contributed by atoms with E-state index in [-0.39, 0.29) is 37.2 Å². The highest BCUT2D eigenvalue weighted by atomic mass is 32.7. The van der Waals surface area contributed by atoms with E-state index in [1.54, 1.807) is 4.57 Å². The summed E-state index contributed by atoms with van der Waals surface area (Å²) in [6.07, 6.45) is -1.40. The molecule has 4 fully saturated rings. The van der Waals surface area contributed by atoms with E-state index >= 15 is 0 Å². The zero-order valence-corrected chi connectivity index (χ0v) is 26.2. The summed E-state index contributed by atoms with van der Waals surface area (Å²) in [5.74, 6) is -0.627. The van der Waals surface area contributed by atoms with Gasteiger partial charge in [-0.3, -0.25) is 43.6 Å². The number of ether oxygens (including phenoxy) is 3. The number of anilines is 1. The second-order valence-electron chi connectivity index (χ2n) is 10.9. The number of guanidine groups is 1. The van der Waals surface area contributed by atoms with Crippen molar-refractivity contribution in [1.82, 2.24) is 29.7 Å². The number of amides is 1. The number of aromatic nitrogens is 4. The summed E-state index contributed by atoms with van der Waals surface area (Å²) in [6.45, 7) is -8.88. The highest BCUT2D eigenvalue weighted by molar-refractivity contribution is 8.44. The lowest BCUT2D eigenvalue weighted by Gasteiger charge is -2.34. The van der Waals surface area contributed by atoms with Crippen molar-refractivity contribution in [2.75, 3.05) is 25.6 Å². The van der Waals surface area contributed by atoms with Gasteiger partial charge in [-0.1, -0.05) is 12.2 Å². The number of amidine groups is 1. The van der Waals surface area contributed by atoms with Crippen LogP contribution in [0.2, 0.25) is 0 Å². The molecule has 6 aliphatic rings. The normalized spacial score (nSPS) is 42.9. The molecule has 10 atom stereocenters. The number of rotatable bonds is 2. The first-order chi connectivity index (χ1) is 21.4. The molecule has 1 amide bonds. The van der Waals surface area contributed by atoms with Gasteiger partial charge in [0, 0.05) is 6.42 Å². The number of nitrogens with zero attached hydrogens (tertiary/aromatic N) is 7. The third-order valence-electron chi connectivity index (χ3n) is 8.03. The van der Waals surface area contributed by atoms with E-state index in [0.29, 0.717) is 11.2 Å². The van der Waals surface area contributed by atoms with E-state index in [1.807, 2.05) is 0 Å². The van der Waals surface area contributed by atoms with Gasteiger partial charge in [-0.25, -0.2) is 19.5 Å². The molecule has 0 radical (unpaired) electrons. The number of nitrogens with one attached hydrogen (secondary N) is 2. The molecule has 4 saturated heterocycles. The molecule has 4 unspecified atom stereocenters. The van der Waals surface area contributed by atoms with Gasteiger partial charge in [-0.15, -0.1) is 0 Å². The number of nitrogen functional groups attached to an aromatic ring is 1. The second-order valence-corrected chi connectivity index (χ2v) is 16.5. The number of thiol groups is 1. The van der Waals surface area contributed by atoms with Gasteiger partial charge in [0.15, 0.2) is 35.8 Å². The molecule has 0 aromatic carbocycles. The van der Waals surface area contributed by atoms with Gasteiger partial charge >= 0.3 is 13.5 Å². The Morgan fingerprint density at radius 2 is 2.07 bits per heavy atom. The molecule has 8 heterocycles. The van der Waals surface area contributed by atoms with Crippen LogP contribution in [-0.2, 0) is 53.5 Å². The Morgan fingerprint density at radius 3 is 2.91 bits per heavy atom. The standard InChI is InChI=1S/C21H24N10O10P2S2/c22-14-10-15(25-5-24-14)30(6-26-10)19-12-13-21(39-19,3-35-12)4-37-43(34,45)40-9-1-8(2-36-42(33,44)41-13)38-18(9)31-7-27-11-16(31)28-20(23)29-17(11)32/h5-9,11-13,18-19H,1-4H2,(H,33,44)(H,34,45)(H2,22,24,25)(H2,23,29,32)/t8-,9+,11?,12+,13-,18+,19+,21?,42?,43?/m0/s1. The molecular formula is C21H24N10O10P2S2. The van der Waals surface area contributed by atoms with E-state index < -0.39 is 74.5 Å². The highest BCUT2D eigenvalue weighted by Gasteiger charge is 2.65. The van der Waals surface area contributed by atoms with E-state index in [0.717, 1.165) is 0 Å². The van der Waals surface area contributed by atoms with Gasteiger partial charge in [-0.05, 0) is 11.8 Å². The molecule has 0 aliphatic carbocycles. The Kier molecular flexibility index (Phi) is 7.00. The van der Waals surface area contributed by atoms with Crippen molar-refractivity contribution in [1.29, 1.82) is 5.41 Å². The first-order valence-electron chi connectivity index (χ1n) is 13.4. The zero-order valence-electron chi connectivity index (χ0n) is 22.7. The average Bonchev–Trinajstić information content (AvgIpc) is 3.79. The summed E-state index contributed by atoms with van der Waals surface area (Å²) >= 11 is 9.62. The van der Waals surface area contributed by atoms with Crippen molar-refractivity contribution in [3.8, 4) is 0 Å². The minimum absolute atomic E-state index is 0.0804. The number of nitrogens with two attached hydrogens (primary N) is 1. The number of aliphatic imine (C=N–C) groups is 2. The van der Waals surface area contributed by atoms with Crippen LogP contribution in [0.1, 0.15) is 12.6 Å². The third-order valence-corrected chi connectivity index (χ3v) is 11.2. The average molecular weight is 703 g/mol. The molecular weight excluding hydrogens is 678 g/mol. The number of imidazole rings is 1. The summed E-state index contributed by atoms with van der Waals surface area (Å²) in [6, 6.07) is -1.00. The van der Waals surface area contributed by atoms with Crippen molar-refractivity contribution in [2.24, 2.45) is 9.98 Å². The van der Waals surface area contributed by atoms with E-state index in [1.165, 1.54) is 23.9 Å². The van der Waals surface area contributed by atoms with Crippen molar-refractivity contribution < 1.29 is 46.6 Å². The van der Waals surface area contributed by atoms with Crippen LogP contribution in [0.3, 0.4) is 0 Å². The molecule has 0 spiro atoms. The van der Waals surface area contributed by atoms with Crippen LogP contribution in [0.15, 0.2) is 22.6 Å². The number of hydrogen-bond donors (Lipinski definition) is 5. The van der Waals surface area contributed by atoms with Crippen LogP contribution in [0.4, 0.5) is 5.82 Å². The molecule has 240 valence electrons. The van der Waals surface area contributed by atoms with Crippen LogP contribution in [0.5, 0.6) is 0 Å². The maximum absolute atomic E-state index is 13.7. The number of carbonyl (C=O) groups is 1. The van der Waals surface area contributed by atoms with Gasteiger partial charge in [0.25, 0.3) is 5.91 Å². The molecule has 24 heteroatoms. The summed E-state index contributed by atoms with van der Waals surface area (Å²) in [5, 5.41) is 10.1. The van der Waals surface area contributed by atoms with E-state index in [2.05, 4.69) is 42.5 Å². The van der Waals surface area contributed by atoms with Gasteiger partial charge in [0.1, 0.15) is 35.8 Å². The first kappa shape index (κ1) is 29.9. The molecule has 4 bridgehead atoms. The number of fused-ring (bicyclic) bond motifs is 4. The maximum atomic E-state index is 13.7. The van der Waals surface area contributed by atoms with Crippen LogP contribution in [0, 0.1) is 5.41 Å². The van der Waals surface area contributed by atoms with E-state index in [4.69, 9.17) is 55.3 Å². The van der Waals surface area contributed by atoms with Crippen LogP contribution < -0.4 is 11.1 Å². The van der Waals surface area contributed by atoms with Crippen LogP contribution >= 0.6 is 25.8 Å². The molecule has 2 aromatic rings. The summed E-state index contributed by atoms with van der Waals surface area (Å²) in [7, 11) is 0. The van der Waals surface area contributed by atoms with Crippen LogP contribution in [-0.4, -0.2) is 115 Å². The highest BCUT2D eigenvalue weighted by Crippen LogP contribution is 2.60. The second kappa shape index (κ2) is 10.5. The molecule has 2 aromatic heterocycles. The smallest absolute Gasteiger partial charge is 0.382 e. The lowest BCUT2D eigenvalue weighted by molar-refractivity contribution is -0.182. The maximum Gasteiger partial charge on any atom is 0.386 e. The summed E-state index contributed by atoms with van der Waals surface area (Å²) in [5.41, 5.74) is 5.22. The molecule has 0 saturated carbocycles. The Balaban J connectivity index is 1.09. The molecule has 6 aliphatic heterocycles.